The van der Waals surface area contributed by atoms with E-state index < -0.39 is 0 Å². The van der Waals surface area contributed by atoms with E-state index in [2.05, 4.69) is 0 Å². The van der Waals surface area contributed by atoms with Crippen LogP contribution in [0.4, 0.5) is 0 Å². The highest BCUT2D eigenvalue weighted by molar-refractivity contribution is 6.08. The second-order valence-electron chi connectivity index (χ2n) is 5.56. The summed E-state index contributed by atoms with van der Waals surface area (Å²) in [5.74, 6) is 0.479. The molecule has 0 atom stereocenters. The lowest BCUT2D eigenvalue weighted by molar-refractivity contribution is 0.104. The minimum Gasteiger partial charge on any atom is -0.507 e. The molecule has 0 heterocycles. The van der Waals surface area contributed by atoms with Crippen LogP contribution in [0.5, 0.6) is 11.5 Å². The monoisotopic (exact) mass is 330 g/mol. The van der Waals surface area contributed by atoms with Crippen molar-refractivity contribution in [2.75, 3.05) is 0 Å². The molecule has 0 saturated carbocycles. The van der Waals surface area contributed by atoms with E-state index in [1.54, 1.807) is 24.3 Å². The van der Waals surface area contributed by atoms with Crippen LogP contribution in [-0.2, 0) is 6.61 Å². The number of hydrogen-bond donors (Lipinski definition) is 1. The van der Waals surface area contributed by atoms with E-state index >= 15 is 0 Å². The van der Waals surface area contributed by atoms with E-state index in [0.29, 0.717) is 6.61 Å². The summed E-state index contributed by atoms with van der Waals surface area (Å²) in [4.78, 5) is 12.2. The third kappa shape index (κ3) is 4.58. The van der Waals surface area contributed by atoms with Gasteiger partial charge in [-0.2, -0.15) is 0 Å². The third-order valence-corrected chi connectivity index (χ3v) is 3.70. The molecule has 0 aliphatic heterocycles. The van der Waals surface area contributed by atoms with Gasteiger partial charge in [-0.15, -0.1) is 0 Å². The number of ketones is 1. The highest BCUT2D eigenvalue weighted by atomic mass is 16.5. The van der Waals surface area contributed by atoms with E-state index in [0.717, 1.165) is 16.9 Å². The van der Waals surface area contributed by atoms with Gasteiger partial charge >= 0.3 is 0 Å². The Morgan fingerprint density at radius 2 is 1.68 bits per heavy atom. The Bertz CT molecular complexity index is 883. The molecule has 3 nitrogen and oxygen atoms in total. The molecular formula is C22H18O3. The average molecular weight is 330 g/mol. The Labute approximate surface area is 146 Å². The lowest BCUT2D eigenvalue weighted by Crippen LogP contribution is -1.95. The summed E-state index contributed by atoms with van der Waals surface area (Å²) in [6.45, 7) is 0.491. The fourth-order valence-corrected chi connectivity index (χ4v) is 2.39. The number of carbonyl (C=O) groups excluding carboxylic acids is 1. The van der Waals surface area contributed by atoms with E-state index in [9.17, 15) is 9.90 Å². The Balaban J connectivity index is 1.67. The van der Waals surface area contributed by atoms with Gasteiger partial charge in [-0.1, -0.05) is 60.7 Å². The first-order valence-corrected chi connectivity index (χ1v) is 7.99. The lowest BCUT2D eigenvalue weighted by Gasteiger charge is -2.07. The smallest absolute Gasteiger partial charge is 0.189 e. The van der Waals surface area contributed by atoms with Gasteiger partial charge in [0, 0.05) is 0 Å². The number of allylic oxidation sites excluding steroid dienone is 1. The van der Waals surface area contributed by atoms with Crippen molar-refractivity contribution in [1.82, 2.24) is 0 Å². The van der Waals surface area contributed by atoms with Gasteiger partial charge in [0.15, 0.2) is 5.78 Å². The Kier molecular flexibility index (Phi) is 5.27. The molecule has 0 saturated heterocycles. The predicted molar refractivity (Wildman–Crippen MR) is 98.7 cm³/mol. The number of aromatic hydroxyl groups is 1. The van der Waals surface area contributed by atoms with Gasteiger partial charge < -0.3 is 9.84 Å². The number of para-hydroxylation sites is 1. The molecule has 25 heavy (non-hydrogen) atoms. The molecule has 3 aromatic rings. The molecule has 0 bridgehead atoms. The summed E-state index contributed by atoms with van der Waals surface area (Å²) < 4.78 is 5.78. The van der Waals surface area contributed by atoms with Crippen LogP contribution in [0.15, 0.2) is 84.9 Å². The van der Waals surface area contributed by atoms with E-state index in [-0.39, 0.29) is 17.1 Å². The van der Waals surface area contributed by atoms with Crippen LogP contribution in [0.25, 0.3) is 6.08 Å². The Morgan fingerprint density at radius 3 is 2.48 bits per heavy atom. The summed E-state index contributed by atoms with van der Waals surface area (Å²) in [5.41, 5.74) is 2.24. The Hall–Kier alpha value is -3.33. The first-order chi connectivity index (χ1) is 12.2. The van der Waals surface area contributed by atoms with Gasteiger partial charge in [0.2, 0.25) is 0 Å². The second-order valence-corrected chi connectivity index (χ2v) is 5.56. The Morgan fingerprint density at radius 1 is 0.920 bits per heavy atom. The maximum atomic E-state index is 12.2. The van der Waals surface area contributed by atoms with Crippen LogP contribution in [0, 0.1) is 0 Å². The maximum Gasteiger partial charge on any atom is 0.189 e. The normalized spacial score (nSPS) is 10.7. The molecule has 3 heteroatoms. The van der Waals surface area contributed by atoms with Crippen molar-refractivity contribution in [1.29, 1.82) is 0 Å². The zero-order chi connectivity index (χ0) is 17.5. The summed E-state index contributed by atoms with van der Waals surface area (Å²) in [6.07, 6.45) is 3.16. The molecule has 3 aromatic carbocycles. The highest BCUT2D eigenvalue weighted by Crippen LogP contribution is 2.19. The van der Waals surface area contributed by atoms with Gasteiger partial charge in [-0.25, -0.2) is 0 Å². The van der Waals surface area contributed by atoms with Crippen molar-refractivity contribution in [2.45, 2.75) is 6.61 Å². The van der Waals surface area contributed by atoms with Gasteiger partial charge in [-0.05, 0) is 41.5 Å². The third-order valence-electron chi connectivity index (χ3n) is 3.70. The quantitative estimate of drug-likeness (QED) is 0.518. The number of phenols is 1. The molecule has 0 amide bonds. The van der Waals surface area contributed by atoms with E-state index in [1.807, 2.05) is 54.6 Å². The number of carbonyl (C=O) groups is 1. The largest absolute Gasteiger partial charge is 0.507 e. The van der Waals surface area contributed by atoms with Gasteiger partial charge in [-0.3, -0.25) is 4.79 Å². The summed E-state index contributed by atoms with van der Waals surface area (Å²) in [6, 6.07) is 24.0. The molecule has 0 aliphatic carbocycles. The molecule has 124 valence electrons. The van der Waals surface area contributed by atoms with Gasteiger partial charge in [0.25, 0.3) is 0 Å². The number of rotatable bonds is 6. The van der Waals surface area contributed by atoms with Crippen molar-refractivity contribution in [3.8, 4) is 11.5 Å². The molecule has 0 aromatic heterocycles. The van der Waals surface area contributed by atoms with Gasteiger partial charge in [0.05, 0.1) is 5.56 Å². The molecule has 0 aliphatic rings. The lowest BCUT2D eigenvalue weighted by atomic mass is 10.1. The minimum absolute atomic E-state index is 0.0166. The molecular weight excluding hydrogens is 312 g/mol. The van der Waals surface area contributed by atoms with Crippen molar-refractivity contribution in [2.24, 2.45) is 0 Å². The van der Waals surface area contributed by atoms with Crippen LogP contribution in [0.1, 0.15) is 21.5 Å². The molecule has 0 fully saturated rings. The van der Waals surface area contributed by atoms with Crippen molar-refractivity contribution < 1.29 is 14.6 Å². The van der Waals surface area contributed by atoms with Crippen LogP contribution < -0.4 is 4.74 Å². The second kappa shape index (κ2) is 7.97. The average Bonchev–Trinajstić information content (AvgIpc) is 2.66. The van der Waals surface area contributed by atoms with Crippen molar-refractivity contribution >= 4 is 11.9 Å². The van der Waals surface area contributed by atoms with Crippen molar-refractivity contribution in [3.63, 3.8) is 0 Å². The predicted octanol–water partition coefficient (Wildman–Crippen LogP) is 4.87. The van der Waals surface area contributed by atoms with Gasteiger partial charge in [0.1, 0.15) is 18.1 Å². The molecule has 3 rings (SSSR count). The zero-order valence-electron chi connectivity index (χ0n) is 13.6. The molecule has 0 unspecified atom stereocenters. The summed E-state index contributed by atoms with van der Waals surface area (Å²) in [7, 11) is 0. The van der Waals surface area contributed by atoms with Crippen LogP contribution in [0.3, 0.4) is 0 Å². The standard InChI is InChI=1S/C22H18O3/c23-21-12-5-4-11-20(21)22(24)14-13-17-9-6-10-19(15-17)25-16-18-7-2-1-3-8-18/h1-15,23H,16H2/b14-13+. The van der Waals surface area contributed by atoms with Crippen LogP contribution in [0.2, 0.25) is 0 Å². The molecule has 1 N–H and O–H groups in total. The number of benzene rings is 3. The topological polar surface area (TPSA) is 46.5 Å². The van der Waals surface area contributed by atoms with Crippen LogP contribution in [-0.4, -0.2) is 10.9 Å². The minimum atomic E-state index is -0.242. The first kappa shape index (κ1) is 16.5. The SMILES string of the molecule is O=C(/C=C/c1cccc(OCc2ccccc2)c1)c1ccccc1O. The van der Waals surface area contributed by atoms with E-state index in [1.165, 1.54) is 12.1 Å². The summed E-state index contributed by atoms with van der Waals surface area (Å²) in [5, 5.41) is 9.73. The molecule has 0 radical (unpaired) electrons. The van der Waals surface area contributed by atoms with Crippen molar-refractivity contribution in [3.05, 3.63) is 102 Å². The van der Waals surface area contributed by atoms with Crippen LogP contribution >= 0.6 is 0 Å². The fraction of sp³-hybridized carbons (Fsp3) is 0.0455. The first-order valence-electron chi connectivity index (χ1n) is 7.99. The zero-order valence-corrected chi connectivity index (χ0v) is 13.6. The number of phenolic OH excluding ortho intramolecular Hbond substituents is 1. The maximum absolute atomic E-state index is 12.2. The molecule has 0 spiro atoms. The summed E-state index contributed by atoms with van der Waals surface area (Å²) >= 11 is 0. The number of hydrogen-bond acceptors (Lipinski definition) is 3. The number of ether oxygens (including phenoxy) is 1. The van der Waals surface area contributed by atoms with E-state index in [4.69, 9.17) is 4.74 Å². The highest BCUT2D eigenvalue weighted by Gasteiger charge is 2.06. The fourth-order valence-electron chi connectivity index (χ4n) is 2.39.